The Kier molecular flexibility index (Phi) is 8.99. The number of nitrogens with zero attached hydrogens (tertiary/aromatic N) is 2. The number of thioether (sulfide) groups is 1. The molecule has 0 fully saturated rings. The molecule has 3 rings (SSSR count). The molecule has 0 radical (unpaired) electrons. The maximum Gasteiger partial charge on any atom is 0.257 e. The highest BCUT2D eigenvalue weighted by Crippen LogP contribution is 2.15. The Morgan fingerprint density at radius 2 is 1.90 bits per heavy atom. The van der Waals surface area contributed by atoms with Gasteiger partial charge in [0.2, 0.25) is 0 Å². The summed E-state index contributed by atoms with van der Waals surface area (Å²) in [6.07, 6.45) is 5.18. The summed E-state index contributed by atoms with van der Waals surface area (Å²) in [6.45, 7) is 1.35. The van der Waals surface area contributed by atoms with E-state index in [4.69, 9.17) is 17.0 Å². The Labute approximate surface area is 191 Å². The number of nitrogens with one attached hydrogen (secondary N) is 3. The van der Waals surface area contributed by atoms with Gasteiger partial charge in [0.25, 0.3) is 5.91 Å². The van der Waals surface area contributed by atoms with Crippen molar-refractivity contribution in [3.05, 3.63) is 89.0 Å². The van der Waals surface area contributed by atoms with Crippen LogP contribution in [0.1, 0.15) is 28.0 Å². The molecule has 3 aromatic rings. The van der Waals surface area contributed by atoms with Gasteiger partial charge in [-0.2, -0.15) is 11.8 Å². The number of H-pyrrole nitrogens is 1. The van der Waals surface area contributed by atoms with E-state index in [9.17, 15) is 4.79 Å². The molecule has 1 aromatic heterocycles. The third kappa shape index (κ3) is 7.77. The molecular weight excluding hydrogens is 430 g/mol. The van der Waals surface area contributed by atoms with Crippen molar-refractivity contribution in [3.63, 3.8) is 0 Å². The third-order valence-corrected chi connectivity index (χ3v) is 5.96. The monoisotopic (exact) mass is 455 g/mol. The number of aromatic amines is 1. The summed E-state index contributed by atoms with van der Waals surface area (Å²) in [5.74, 6) is 1.59. The summed E-state index contributed by atoms with van der Waals surface area (Å²) in [6, 6.07) is 16.8. The van der Waals surface area contributed by atoms with Crippen molar-refractivity contribution in [3.8, 4) is 0 Å². The molecule has 31 heavy (non-hydrogen) atoms. The Morgan fingerprint density at radius 1 is 1.13 bits per heavy atom. The van der Waals surface area contributed by atoms with Crippen LogP contribution in [-0.4, -0.2) is 45.6 Å². The molecule has 3 N–H and O–H groups in total. The van der Waals surface area contributed by atoms with Crippen LogP contribution in [0.5, 0.6) is 0 Å². The molecule has 0 aliphatic carbocycles. The largest absolute Gasteiger partial charge is 0.348 e. The zero-order valence-corrected chi connectivity index (χ0v) is 18.8. The predicted molar refractivity (Wildman–Crippen MR) is 128 cm³/mol. The van der Waals surface area contributed by atoms with E-state index < -0.39 is 0 Å². The van der Waals surface area contributed by atoms with Crippen molar-refractivity contribution < 1.29 is 4.79 Å². The van der Waals surface area contributed by atoms with Gasteiger partial charge >= 0.3 is 0 Å². The number of hydrogen-bond donors (Lipinski definition) is 3. The van der Waals surface area contributed by atoms with Crippen molar-refractivity contribution in [2.75, 3.05) is 18.8 Å². The Balaban J connectivity index is 1.51. The van der Waals surface area contributed by atoms with Gasteiger partial charge in [0.05, 0.1) is 6.33 Å². The molecule has 1 amide bonds. The molecular formula is C23H26ClN5OS. The number of amides is 1. The fraction of sp³-hybridized carbons (Fsp3) is 0.261. The second-order valence-corrected chi connectivity index (χ2v) is 8.56. The van der Waals surface area contributed by atoms with E-state index in [1.807, 2.05) is 53.6 Å². The van der Waals surface area contributed by atoms with Gasteiger partial charge in [0.15, 0.2) is 5.96 Å². The molecule has 0 aliphatic rings. The number of hydrogen-bond acceptors (Lipinski definition) is 4. The van der Waals surface area contributed by atoms with E-state index in [0.717, 1.165) is 35.1 Å². The van der Waals surface area contributed by atoms with E-state index in [-0.39, 0.29) is 11.9 Å². The summed E-state index contributed by atoms with van der Waals surface area (Å²) in [5.41, 5.74) is 2.83. The van der Waals surface area contributed by atoms with Crippen LogP contribution >= 0.6 is 23.4 Å². The standard InChI is InChI=1S/C23H26ClN5OS/c24-20-10-8-18(9-11-20)16-31-14-13-29(12-4-7-21-15-26-17-27-21)23(25)28-22(30)19-5-2-1-3-6-19/h1-3,5-6,8-11,15,17H,4,7,12-14,16H2,(H,26,27)(H2,25,28,30). The van der Waals surface area contributed by atoms with Crippen LogP contribution in [0.25, 0.3) is 0 Å². The van der Waals surface area contributed by atoms with Gasteiger partial charge in [-0.3, -0.25) is 15.5 Å². The van der Waals surface area contributed by atoms with E-state index in [1.165, 1.54) is 5.56 Å². The molecule has 1 heterocycles. The summed E-state index contributed by atoms with van der Waals surface area (Å²) >= 11 is 7.74. The van der Waals surface area contributed by atoms with Gasteiger partial charge in [0, 0.05) is 47.1 Å². The number of benzene rings is 2. The Hall–Kier alpha value is -2.77. The fourth-order valence-corrected chi connectivity index (χ4v) is 4.06. The molecule has 162 valence electrons. The second kappa shape index (κ2) is 12.2. The predicted octanol–water partition coefficient (Wildman–Crippen LogP) is 4.60. The SMILES string of the molecule is N=C(NC(=O)c1ccccc1)N(CCCc1cnc[nH]1)CCSCc1ccc(Cl)cc1. The van der Waals surface area contributed by atoms with Gasteiger partial charge in [-0.05, 0) is 42.7 Å². The van der Waals surface area contributed by atoms with Crippen LogP contribution in [0, 0.1) is 5.41 Å². The Bertz CT molecular complexity index is 948. The van der Waals surface area contributed by atoms with Crippen molar-refractivity contribution in [2.45, 2.75) is 18.6 Å². The normalized spacial score (nSPS) is 10.6. The molecule has 2 aromatic carbocycles. The average molecular weight is 456 g/mol. The molecule has 6 nitrogen and oxygen atoms in total. The smallest absolute Gasteiger partial charge is 0.257 e. The van der Waals surface area contributed by atoms with Gasteiger partial charge in [-0.25, -0.2) is 4.98 Å². The first-order valence-corrected chi connectivity index (χ1v) is 11.6. The molecule has 0 bridgehead atoms. The van der Waals surface area contributed by atoms with Crippen LogP contribution in [0.4, 0.5) is 0 Å². The van der Waals surface area contributed by atoms with Gasteiger partial charge in [-0.1, -0.05) is 41.9 Å². The number of rotatable bonds is 10. The van der Waals surface area contributed by atoms with E-state index in [1.54, 1.807) is 30.2 Å². The number of imidazole rings is 1. The number of aryl methyl sites for hydroxylation is 1. The number of carbonyl (C=O) groups is 1. The van der Waals surface area contributed by atoms with Crippen LogP contribution in [0.15, 0.2) is 67.1 Å². The lowest BCUT2D eigenvalue weighted by atomic mass is 10.2. The first-order valence-electron chi connectivity index (χ1n) is 10.1. The highest BCUT2D eigenvalue weighted by Gasteiger charge is 2.14. The first kappa shape index (κ1) is 22.9. The maximum absolute atomic E-state index is 12.5. The van der Waals surface area contributed by atoms with Gasteiger partial charge < -0.3 is 9.88 Å². The van der Waals surface area contributed by atoms with Crippen molar-refractivity contribution in [1.29, 1.82) is 5.41 Å². The van der Waals surface area contributed by atoms with E-state index in [2.05, 4.69) is 15.3 Å². The Morgan fingerprint density at radius 3 is 2.61 bits per heavy atom. The van der Waals surface area contributed by atoms with Crippen LogP contribution in [0.2, 0.25) is 5.02 Å². The van der Waals surface area contributed by atoms with Gasteiger partial charge in [-0.15, -0.1) is 0 Å². The van der Waals surface area contributed by atoms with Gasteiger partial charge in [0.1, 0.15) is 0 Å². The minimum absolute atomic E-state index is 0.130. The average Bonchev–Trinajstić information content (AvgIpc) is 3.30. The zero-order valence-electron chi connectivity index (χ0n) is 17.2. The van der Waals surface area contributed by atoms with Crippen molar-refractivity contribution in [2.24, 2.45) is 0 Å². The number of guanidine groups is 1. The summed E-state index contributed by atoms with van der Waals surface area (Å²) in [7, 11) is 0. The lowest BCUT2D eigenvalue weighted by Gasteiger charge is -2.25. The number of carbonyl (C=O) groups excluding carboxylic acids is 1. The maximum atomic E-state index is 12.5. The quantitative estimate of drug-likeness (QED) is 0.237. The third-order valence-electron chi connectivity index (χ3n) is 4.70. The lowest BCUT2D eigenvalue weighted by molar-refractivity contribution is 0.0972. The minimum Gasteiger partial charge on any atom is -0.348 e. The first-order chi connectivity index (χ1) is 15.1. The zero-order chi connectivity index (χ0) is 21.9. The molecule has 0 spiro atoms. The highest BCUT2D eigenvalue weighted by molar-refractivity contribution is 7.98. The topological polar surface area (TPSA) is 84.9 Å². The van der Waals surface area contributed by atoms with E-state index >= 15 is 0 Å². The summed E-state index contributed by atoms with van der Waals surface area (Å²) < 4.78 is 0. The molecule has 0 aliphatic heterocycles. The number of halogens is 1. The lowest BCUT2D eigenvalue weighted by Crippen LogP contribution is -2.45. The van der Waals surface area contributed by atoms with Crippen molar-refractivity contribution in [1.82, 2.24) is 20.2 Å². The molecule has 8 heteroatoms. The van der Waals surface area contributed by atoms with Crippen molar-refractivity contribution >= 4 is 35.2 Å². The van der Waals surface area contributed by atoms with Crippen LogP contribution < -0.4 is 5.32 Å². The summed E-state index contributed by atoms with van der Waals surface area (Å²) in [4.78, 5) is 21.5. The van der Waals surface area contributed by atoms with Crippen LogP contribution in [-0.2, 0) is 12.2 Å². The molecule has 0 unspecified atom stereocenters. The van der Waals surface area contributed by atoms with Crippen LogP contribution in [0.3, 0.4) is 0 Å². The molecule has 0 saturated heterocycles. The fourth-order valence-electron chi connectivity index (χ4n) is 3.01. The highest BCUT2D eigenvalue weighted by atomic mass is 35.5. The molecule has 0 saturated carbocycles. The molecule has 0 atom stereocenters. The van der Waals surface area contributed by atoms with E-state index in [0.29, 0.717) is 18.7 Å². The number of aromatic nitrogens is 2. The minimum atomic E-state index is -0.266. The summed E-state index contributed by atoms with van der Waals surface area (Å²) in [5, 5.41) is 11.9. The second-order valence-electron chi connectivity index (χ2n) is 7.02.